The number of H-pyrrole nitrogens is 1. The molecule has 2 aromatic carbocycles. The molecule has 0 saturated carbocycles. The quantitative estimate of drug-likeness (QED) is 0.497. The maximum atomic E-state index is 13.4. The van der Waals surface area contributed by atoms with Crippen LogP contribution >= 0.6 is 0 Å². The van der Waals surface area contributed by atoms with Crippen LogP contribution in [0.2, 0.25) is 0 Å². The van der Waals surface area contributed by atoms with Crippen molar-refractivity contribution in [1.82, 2.24) is 4.98 Å². The van der Waals surface area contributed by atoms with E-state index in [1.54, 1.807) is 13.2 Å². The molecule has 0 spiro atoms. The van der Waals surface area contributed by atoms with Gasteiger partial charge in [0.1, 0.15) is 11.6 Å². The van der Waals surface area contributed by atoms with Gasteiger partial charge in [-0.25, -0.2) is 4.39 Å². The molecule has 124 valence electrons. The zero-order valence-corrected chi connectivity index (χ0v) is 13.3. The van der Waals surface area contributed by atoms with Crippen molar-refractivity contribution in [3.63, 3.8) is 0 Å². The maximum Gasteiger partial charge on any atom is 0.193 e. The van der Waals surface area contributed by atoms with E-state index < -0.39 is 0 Å². The van der Waals surface area contributed by atoms with Crippen LogP contribution in [0.15, 0.2) is 53.7 Å². The highest BCUT2D eigenvalue weighted by molar-refractivity contribution is 5.92. The van der Waals surface area contributed by atoms with E-state index in [2.05, 4.69) is 15.3 Å². The minimum Gasteiger partial charge on any atom is -0.497 e. The van der Waals surface area contributed by atoms with E-state index in [0.717, 1.165) is 27.9 Å². The summed E-state index contributed by atoms with van der Waals surface area (Å²) in [6, 6.07) is 12.1. The summed E-state index contributed by atoms with van der Waals surface area (Å²) in [5, 5.41) is 3.91. The number of fused-ring (bicyclic) bond motifs is 1. The van der Waals surface area contributed by atoms with Crippen LogP contribution in [0.3, 0.4) is 0 Å². The van der Waals surface area contributed by atoms with Crippen LogP contribution in [0.25, 0.3) is 10.9 Å². The smallest absolute Gasteiger partial charge is 0.193 e. The molecule has 24 heavy (non-hydrogen) atoms. The Morgan fingerprint density at radius 2 is 2.04 bits per heavy atom. The van der Waals surface area contributed by atoms with Crippen molar-refractivity contribution < 1.29 is 9.13 Å². The molecule has 1 aromatic heterocycles. The van der Waals surface area contributed by atoms with Gasteiger partial charge in [0.25, 0.3) is 0 Å². The van der Waals surface area contributed by atoms with Gasteiger partial charge >= 0.3 is 0 Å². The molecule has 0 atom stereocenters. The Morgan fingerprint density at radius 1 is 1.25 bits per heavy atom. The van der Waals surface area contributed by atoms with E-state index in [-0.39, 0.29) is 5.82 Å². The van der Waals surface area contributed by atoms with E-state index in [0.29, 0.717) is 18.9 Å². The molecule has 0 radical (unpaired) electrons. The van der Waals surface area contributed by atoms with Gasteiger partial charge in [-0.3, -0.25) is 4.99 Å². The van der Waals surface area contributed by atoms with Gasteiger partial charge in [0.2, 0.25) is 0 Å². The second kappa shape index (κ2) is 7.04. The number of rotatable bonds is 5. The van der Waals surface area contributed by atoms with E-state index in [1.165, 1.54) is 12.1 Å². The van der Waals surface area contributed by atoms with Crippen molar-refractivity contribution in [3.8, 4) is 5.75 Å². The van der Waals surface area contributed by atoms with Gasteiger partial charge in [-0.2, -0.15) is 0 Å². The number of hydrogen-bond acceptors (Lipinski definition) is 2. The first-order valence-electron chi connectivity index (χ1n) is 7.62. The summed E-state index contributed by atoms with van der Waals surface area (Å²) in [6.07, 6.45) is 2.56. The van der Waals surface area contributed by atoms with Crippen molar-refractivity contribution in [2.75, 3.05) is 19.0 Å². The minimum absolute atomic E-state index is 0.243. The van der Waals surface area contributed by atoms with Crippen molar-refractivity contribution in [1.29, 1.82) is 0 Å². The average molecular weight is 326 g/mol. The fourth-order valence-electron chi connectivity index (χ4n) is 2.52. The third-order valence-electron chi connectivity index (χ3n) is 3.76. The number of anilines is 1. The average Bonchev–Trinajstić information content (AvgIpc) is 2.98. The topological polar surface area (TPSA) is 75.4 Å². The predicted molar refractivity (Wildman–Crippen MR) is 95.1 cm³/mol. The molecule has 3 aromatic rings. The first-order chi connectivity index (χ1) is 11.7. The molecule has 6 heteroatoms. The van der Waals surface area contributed by atoms with Crippen molar-refractivity contribution in [2.24, 2.45) is 10.7 Å². The summed E-state index contributed by atoms with van der Waals surface area (Å²) in [4.78, 5) is 7.44. The van der Waals surface area contributed by atoms with Gasteiger partial charge in [0, 0.05) is 29.3 Å². The monoisotopic (exact) mass is 326 g/mol. The van der Waals surface area contributed by atoms with Gasteiger partial charge in [-0.15, -0.1) is 0 Å². The standard InChI is InChI=1S/C18H19FN4O/c1-24-15-5-3-14(4-6-15)23-18(20)21-9-8-12-11-22-17-7-2-13(19)10-16(12)17/h2-7,10-11,22H,8-9H2,1H3,(H3,20,21,23). The zero-order valence-electron chi connectivity index (χ0n) is 13.3. The molecular formula is C18H19FN4O. The molecule has 4 N–H and O–H groups in total. The Bertz CT molecular complexity index is 855. The van der Waals surface area contributed by atoms with E-state index >= 15 is 0 Å². The molecule has 1 heterocycles. The number of halogens is 1. The number of nitrogens with zero attached hydrogens (tertiary/aromatic N) is 1. The Balaban J connectivity index is 1.61. The first kappa shape index (κ1) is 15.9. The Hall–Kier alpha value is -3.02. The molecule has 0 aliphatic heterocycles. The molecule has 0 bridgehead atoms. The summed E-state index contributed by atoms with van der Waals surface area (Å²) in [7, 11) is 1.62. The number of aromatic nitrogens is 1. The van der Waals surface area contributed by atoms with Gasteiger partial charge in [-0.1, -0.05) is 0 Å². The van der Waals surface area contributed by atoms with Gasteiger partial charge in [-0.05, 0) is 54.4 Å². The molecule has 0 aliphatic rings. The third kappa shape index (κ3) is 3.65. The van der Waals surface area contributed by atoms with Gasteiger partial charge in [0.15, 0.2) is 5.96 Å². The third-order valence-corrected chi connectivity index (χ3v) is 3.76. The number of benzene rings is 2. The normalized spacial score (nSPS) is 11.7. The summed E-state index contributed by atoms with van der Waals surface area (Å²) < 4.78 is 18.5. The minimum atomic E-state index is -0.243. The number of methoxy groups -OCH3 is 1. The van der Waals surface area contributed by atoms with Crippen LogP contribution in [0.5, 0.6) is 5.75 Å². The summed E-state index contributed by atoms with van der Waals surface area (Å²) in [6.45, 7) is 0.512. The molecule has 5 nitrogen and oxygen atoms in total. The summed E-state index contributed by atoms with van der Waals surface area (Å²) in [5.74, 6) is 0.876. The van der Waals surface area contributed by atoms with Crippen LogP contribution < -0.4 is 15.8 Å². The van der Waals surface area contributed by atoms with Crippen molar-refractivity contribution in [3.05, 3.63) is 60.0 Å². The van der Waals surface area contributed by atoms with Crippen molar-refractivity contribution in [2.45, 2.75) is 6.42 Å². The molecule has 0 aliphatic carbocycles. The number of aliphatic imine (C=N–C) groups is 1. The second-order valence-electron chi connectivity index (χ2n) is 5.37. The lowest BCUT2D eigenvalue weighted by Gasteiger charge is -2.06. The Labute approximate surface area is 139 Å². The Kier molecular flexibility index (Phi) is 4.65. The predicted octanol–water partition coefficient (Wildman–Crippen LogP) is 3.28. The van der Waals surface area contributed by atoms with Crippen LogP contribution in [0.4, 0.5) is 10.1 Å². The lowest BCUT2D eigenvalue weighted by atomic mass is 10.1. The fraction of sp³-hybridized carbons (Fsp3) is 0.167. The summed E-state index contributed by atoms with van der Waals surface area (Å²) in [5.41, 5.74) is 8.67. The highest BCUT2D eigenvalue weighted by Gasteiger charge is 2.04. The molecule has 0 amide bonds. The number of ether oxygens (including phenoxy) is 1. The molecule has 3 rings (SSSR count). The number of nitrogens with two attached hydrogens (primary N) is 1. The highest BCUT2D eigenvalue weighted by atomic mass is 19.1. The maximum absolute atomic E-state index is 13.4. The van der Waals surface area contributed by atoms with E-state index in [9.17, 15) is 4.39 Å². The van der Waals surface area contributed by atoms with Gasteiger partial charge < -0.3 is 20.8 Å². The lowest BCUT2D eigenvalue weighted by Crippen LogP contribution is -2.23. The summed E-state index contributed by atoms with van der Waals surface area (Å²) >= 11 is 0. The second-order valence-corrected chi connectivity index (χ2v) is 5.37. The number of nitrogens with one attached hydrogen (secondary N) is 2. The van der Waals surface area contributed by atoms with Crippen LogP contribution in [-0.4, -0.2) is 24.6 Å². The van der Waals surface area contributed by atoms with Gasteiger partial charge in [0.05, 0.1) is 7.11 Å². The van der Waals surface area contributed by atoms with Crippen molar-refractivity contribution >= 4 is 22.5 Å². The Morgan fingerprint density at radius 3 is 2.79 bits per heavy atom. The number of hydrogen-bond donors (Lipinski definition) is 3. The van der Waals surface area contributed by atoms with E-state index in [4.69, 9.17) is 10.5 Å². The first-order valence-corrected chi connectivity index (χ1v) is 7.62. The largest absolute Gasteiger partial charge is 0.497 e. The molecule has 0 unspecified atom stereocenters. The lowest BCUT2D eigenvalue weighted by molar-refractivity contribution is 0.415. The van der Waals surface area contributed by atoms with E-state index in [1.807, 2.05) is 30.5 Å². The number of guanidine groups is 1. The fourth-order valence-corrected chi connectivity index (χ4v) is 2.52. The zero-order chi connectivity index (χ0) is 16.9. The van der Waals surface area contributed by atoms with Crippen LogP contribution in [-0.2, 0) is 6.42 Å². The molecular weight excluding hydrogens is 307 g/mol. The highest BCUT2D eigenvalue weighted by Crippen LogP contribution is 2.20. The SMILES string of the molecule is COc1ccc(NC(N)=NCCc2c[nH]c3ccc(F)cc23)cc1. The molecule has 0 saturated heterocycles. The number of aromatic amines is 1. The van der Waals surface area contributed by atoms with Crippen LogP contribution in [0, 0.1) is 5.82 Å². The molecule has 0 fully saturated rings. The van der Waals surface area contributed by atoms with Crippen LogP contribution in [0.1, 0.15) is 5.56 Å².